The lowest BCUT2D eigenvalue weighted by Crippen LogP contribution is -2.37. The van der Waals surface area contributed by atoms with Gasteiger partial charge in [-0.25, -0.2) is 4.79 Å². The zero-order chi connectivity index (χ0) is 29.1. The van der Waals surface area contributed by atoms with Crippen LogP contribution in [0, 0.1) is 17.8 Å². The third-order valence-corrected chi connectivity index (χ3v) is 9.50. The lowest BCUT2D eigenvalue weighted by molar-refractivity contribution is -0.120. The maximum absolute atomic E-state index is 13.8. The number of halogens is 3. The van der Waals surface area contributed by atoms with E-state index in [1.54, 1.807) is 30.3 Å². The van der Waals surface area contributed by atoms with Crippen LogP contribution in [0.1, 0.15) is 40.2 Å². The van der Waals surface area contributed by atoms with Crippen molar-refractivity contribution in [2.24, 2.45) is 17.8 Å². The summed E-state index contributed by atoms with van der Waals surface area (Å²) < 4.78 is 7.74. The van der Waals surface area contributed by atoms with Crippen molar-refractivity contribution in [1.29, 1.82) is 0 Å². The summed E-state index contributed by atoms with van der Waals surface area (Å²) in [5, 5.41) is 15.0. The summed E-state index contributed by atoms with van der Waals surface area (Å²) in [4.78, 5) is 27.1. The standard InChI is InChI=1S/C32H26Cl3N3O4/c33-25-10-27(35)29(11-26(25)34)42-16-20-9-24(20)31(39)38-15-19-8-23(19)30-22(5-2-6-28(30)38)21-12-36-37(14-21)13-17-3-1-4-18(7-17)32(40)41/h1-7,10-12,14,19-20,23-24H,8-9,13,15-16H2,(H,40,41)/t19-,20?,23-,24?/m0/s1. The van der Waals surface area contributed by atoms with Gasteiger partial charge < -0.3 is 14.7 Å². The number of nitrogens with zero attached hydrogens (tertiary/aromatic N) is 3. The number of hydrogen-bond donors (Lipinski definition) is 1. The van der Waals surface area contributed by atoms with Crippen molar-refractivity contribution in [3.8, 4) is 16.9 Å². The van der Waals surface area contributed by atoms with E-state index in [0.717, 1.165) is 41.8 Å². The van der Waals surface area contributed by atoms with E-state index in [4.69, 9.17) is 39.5 Å². The summed E-state index contributed by atoms with van der Waals surface area (Å²) in [7, 11) is 0. The van der Waals surface area contributed by atoms with E-state index in [1.165, 1.54) is 5.56 Å². The van der Waals surface area contributed by atoms with Gasteiger partial charge in [0.15, 0.2) is 0 Å². The van der Waals surface area contributed by atoms with Gasteiger partial charge in [-0.05, 0) is 65.6 Å². The van der Waals surface area contributed by atoms with Gasteiger partial charge in [0.1, 0.15) is 5.75 Å². The topological polar surface area (TPSA) is 84.7 Å². The Morgan fingerprint density at radius 3 is 2.64 bits per heavy atom. The predicted molar refractivity (Wildman–Crippen MR) is 162 cm³/mol. The first-order valence-corrected chi connectivity index (χ1v) is 15.0. The Balaban J connectivity index is 1.08. The number of carbonyl (C=O) groups is 2. The molecule has 2 saturated carbocycles. The average Bonchev–Trinajstić information content (AvgIpc) is 3.89. The maximum atomic E-state index is 13.8. The molecule has 2 heterocycles. The molecule has 4 atom stereocenters. The van der Waals surface area contributed by atoms with Gasteiger partial charge in [0, 0.05) is 41.9 Å². The zero-order valence-corrected chi connectivity index (χ0v) is 24.6. The second-order valence-corrected chi connectivity index (χ2v) is 12.6. The van der Waals surface area contributed by atoms with E-state index in [2.05, 4.69) is 17.2 Å². The first-order valence-electron chi connectivity index (χ1n) is 13.8. The van der Waals surface area contributed by atoms with Gasteiger partial charge in [-0.2, -0.15) is 5.10 Å². The quantitative estimate of drug-likeness (QED) is 0.207. The van der Waals surface area contributed by atoms with Crippen LogP contribution in [0.25, 0.3) is 11.1 Å². The van der Waals surface area contributed by atoms with Gasteiger partial charge in [0.25, 0.3) is 0 Å². The lowest BCUT2D eigenvalue weighted by Gasteiger charge is -2.31. The van der Waals surface area contributed by atoms with Gasteiger partial charge in [-0.3, -0.25) is 9.48 Å². The number of carbonyl (C=O) groups excluding carboxylic acids is 1. The Hall–Kier alpha value is -3.52. The Labute approximate surface area is 257 Å². The van der Waals surface area contributed by atoms with Crippen molar-refractivity contribution in [3.05, 3.63) is 98.7 Å². The van der Waals surface area contributed by atoms with Crippen LogP contribution in [0.4, 0.5) is 5.69 Å². The van der Waals surface area contributed by atoms with E-state index in [0.29, 0.717) is 45.8 Å². The summed E-state index contributed by atoms with van der Waals surface area (Å²) in [6.45, 7) is 1.59. The van der Waals surface area contributed by atoms with Crippen molar-refractivity contribution >= 4 is 52.4 Å². The molecule has 0 radical (unpaired) electrons. The fourth-order valence-electron chi connectivity index (χ4n) is 6.10. The summed E-state index contributed by atoms with van der Waals surface area (Å²) in [5.74, 6) is 0.570. The number of benzene rings is 3. The monoisotopic (exact) mass is 621 g/mol. The number of ether oxygens (including phenoxy) is 1. The van der Waals surface area contributed by atoms with E-state index in [1.807, 2.05) is 34.1 Å². The molecule has 0 spiro atoms. The van der Waals surface area contributed by atoms with Crippen LogP contribution < -0.4 is 9.64 Å². The minimum absolute atomic E-state index is 0.0948. The number of carboxylic acids is 1. The number of aromatic carboxylic acids is 1. The molecule has 0 saturated heterocycles. The van der Waals surface area contributed by atoms with Crippen LogP contribution in [-0.4, -0.2) is 39.9 Å². The number of amides is 1. The van der Waals surface area contributed by atoms with Crippen molar-refractivity contribution in [3.63, 3.8) is 0 Å². The molecule has 3 aromatic carbocycles. The molecule has 7 nitrogen and oxygen atoms in total. The van der Waals surface area contributed by atoms with Crippen molar-refractivity contribution < 1.29 is 19.4 Å². The van der Waals surface area contributed by atoms with Crippen LogP contribution in [-0.2, 0) is 11.3 Å². The smallest absolute Gasteiger partial charge is 0.335 e. The molecule has 214 valence electrons. The van der Waals surface area contributed by atoms with Crippen LogP contribution >= 0.6 is 34.8 Å². The SMILES string of the molecule is O=C(O)c1cccc(Cn2cc(-c3cccc4c3[C@H]3C[C@H]3CN4C(=O)C3CC3COc3cc(Cl)c(Cl)cc3Cl)cn2)c1. The zero-order valence-electron chi connectivity index (χ0n) is 22.3. The van der Waals surface area contributed by atoms with Gasteiger partial charge in [-0.1, -0.05) is 59.1 Å². The third kappa shape index (κ3) is 5.14. The number of hydrogen-bond acceptors (Lipinski definition) is 4. The molecule has 2 unspecified atom stereocenters. The van der Waals surface area contributed by atoms with E-state index >= 15 is 0 Å². The highest BCUT2D eigenvalue weighted by Gasteiger charge is 2.52. The first-order chi connectivity index (χ1) is 20.3. The molecular weight excluding hydrogens is 597 g/mol. The summed E-state index contributed by atoms with van der Waals surface area (Å²) in [6, 6.07) is 16.2. The van der Waals surface area contributed by atoms with E-state index < -0.39 is 5.97 Å². The number of carboxylic acid groups (broad SMARTS) is 1. The van der Waals surface area contributed by atoms with Crippen LogP contribution in [0.5, 0.6) is 5.75 Å². The molecule has 1 aromatic heterocycles. The number of fused-ring (bicyclic) bond motifs is 3. The largest absolute Gasteiger partial charge is 0.492 e. The second-order valence-electron chi connectivity index (χ2n) is 11.3. The predicted octanol–water partition coefficient (Wildman–Crippen LogP) is 7.42. The van der Waals surface area contributed by atoms with Gasteiger partial charge in [-0.15, -0.1) is 0 Å². The Bertz CT molecular complexity index is 1740. The summed E-state index contributed by atoms with van der Waals surface area (Å²) >= 11 is 18.4. The molecule has 3 aliphatic rings. The molecule has 1 aliphatic heterocycles. The molecule has 2 fully saturated rings. The van der Waals surface area contributed by atoms with Crippen LogP contribution in [0.2, 0.25) is 15.1 Å². The van der Waals surface area contributed by atoms with E-state index in [9.17, 15) is 14.7 Å². The highest BCUT2D eigenvalue weighted by molar-refractivity contribution is 6.43. The molecule has 7 rings (SSSR count). The number of rotatable bonds is 8. The highest BCUT2D eigenvalue weighted by atomic mass is 35.5. The molecule has 4 aromatic rings. The lowest BCUT2D eigenvalue weighted by atomic mass is 9.92. The third-order valence-electron chi connectivity index (χ3n) is 8.48. The van der Waals surface area contributed by atoms with Crippen LogP contribution in [0.15, 0.2) is 67.0 Å². The van der Waals surface area contributed by atoms with Crippen molar-refractivity contribution in [2.45, 2.75) is 25.3 Å². The molecule has 1 N–H and O–H groups in total. The van der Waals surface area contributed by atoms with Crippen molar-refractivity contribution in [1.82, 2.24) is 9.78 Å². The molecule has 2 aliphatic carbocycles. The van der Waals surface area contributed by atoms with E-state index in [-0.39, 0.29) is 23.3 Å². The molecular formula is C32H26Cl3N3O4. The fourth-order valence-corrected chi connectivity index (χ4v) is 6.69. The minimum atomic E-state index is -0.951. The Kier molecular flexibility index (Phi) is 6.92. The van der Waals surface area contributed by atoms with Gasteiger partial charge in [0.2, 0.25) is 5.91 Å². The average molecular weight is 623 g/mol. The highest BCUT2D eigenvalue weighted by Crippen LogP contribution is 2.58. The van der Waals surface area contributed by atoms with Crippen LogP contribution in [0.3, 0.4) is 0 Å². The fraction of sp³-hybridized carbons (Fsp3) is 0.281. The Morgan fingerprint density at radius 1 is 1.00 bits per heavy atom. The minimum Gasteiger partial charge on any atom is -0.492 e. The maximum Gasteiger partial charge on any atom is 0.335 e. The molecule has 10 heteroatoms. The first kappa shape index (κ1) is 27.3. The molecule has 42 heavy (non-hydrogen) atoms. The Morgan fingerprint density at radius 2 is 1.81 bits per heavy atom. The molecule has 0 bridgehead atoms. The van der Waals surface area contributed by atoms with Gasteiger partial charge >= 0.3 is 5.97 Å². The normalized spacial score (nSPS) is 21.8. The van der Waals surface area contributed by atoms with Gasteiger partial charge in [0.05, 0.1) is 40.0 Å². The summed E-state index contributed by atoms with van der Waals surface area (Å²) in [6.07, 6.45) is 5.67. The van der Waals surface area contributed by atoms with Crippen molar-refractivity contribution in [2.75, 3.05) is 18.1 Å². The number of aromatic nitrogens is 2. The second kappa shape index (κ2) is 10.6. The number of anilines is 1. The molecule has 1 amide bonds. The summed E-state index contributed by atoms with van der Waals surface area (Å²) in [5.41, 5.74) is 5.39.